The number of hydrogen-bond acceptors (Lipinski definition) is 5. The van der Waals surface area contributed by atoms with Crippen LogP contribution in [0.2, 0.25) is 0 Å². The first-order chi connectivity index (χ1) is 13.3. The summed E-state index contributed by atoms with van der Waals surface area (Å²) < 4.78 is 0. The second kappa shape index (κ2) is 10.5. The number of nitrogens with zero attached hydrogens (tertiary/aromatic N) is 3. The maximum absolute atomic E-state index is 4.94. The van der Waals surface area contributed by atoms with Gasteiger partial charge in [-0.1, -0.05) is 37.1 Å². The molecule has 0 aliphatic carbocycles. The summed E-state index contributed by atoms with van der Waals surface area (Å²) in [4.78, 5) is 13.4. The van der Waals surface area contributed by atoms with Gasteiger partial charge in [0.15, 0.2) is 0 Å². The molecule has 0 saturated heterocycles. The molecule has 0 aliphatic rings. The summed E-state index contributed by atoms with van der Waals surface area (Å²) in [5.74, 6) is 0.929. The highest BCUT2D eigenvalue weighted by atomic mass is 32.1. The van der Waals surface area contributed by atoms with Crippen LogP contribution in [-0.4, -0.2) is 35.5 Å². The molecule has 3 aromatic rings. The van der Waals surface area contributed by atoms with Crippen LogP contribution in [0.5, 0.6) is 0 Å². The molecule has 144 valence electrons. The fourth-order valence-electron chi connectivity index (χ4n) is 3.37. The molecule has 4 nitrogen and oxygen atoms in total. The lowest BCUT2D eigenvalue weighted by Gasteiger charge is -2.16. The highest BCUT2D eigenvalue weighted by Gasteiger charge is 2.10. The quantitative estimate of drug-likeness (QED) is 0.490. The monoisotopic (exact) mass is 382 g/mol. The normalized spacial score (nSPS) is 11.5. The molecule has 0 fully saturated rings. The van der Waals surface area contributed by atoms with Crippen LogP contribution in [0.15, 0.2) is 41.8 Å². The molecule has 0 saturated carbocycles. The number of fused-ring (bicyclic) bond motifs is 1. The molecule has 2 aromatic heterocycles. The SMILES string of the molecule is CNCCCCCCc1nc(CN(C)Cc2cccs2)nc2ccccc12. The van der Waals surface area contributed by atoms with Crippen molar-refractivity contribution in [2.75, 3.05) is 20.6 Å². The van der Waals surface area contributed by atoms with Crippen molar-refractivity contribution >= 4 is 22.2 Å². The zero-order valence-electron chi connectivity index (χ0n) is 16.4. The summed E-state index contributed by atoms with van der Waals surface area (Å²) >= 11 is 1.80. The van der Waals surface area contributed by atoms with E-state index in [0.717, 1.165) is 37.4 Å². The molecule has 5 heteroatoms. The second-order valence-electron chi connectivity index (χ2n) is 7.12. The van der Waals surface area contributed by atoms with Crippen molar-refractivity contribution in [1.82, 2.24) is 20.2 Å². The highest BCUT2D eigenvalue weighted by molar-refractivity contribution is 7.09. The van der Waals surface area contributed by atoms with Crippen LogP contribution in [0, 0.1) is 0 Å². The van der Waals surface area contributed by atoms with Gasteiger partial charge < -0.3 is 5.32 Å². The van der Waals surface area contributed by atoms with Gasteiger partial charge in [0.05, 0.1) is 17.8 Å². The van der Waals surface area contributed by atoms with Crippen LogP contribution in [0.1, 0.15) is 42.1 Å². The van der Waals surface area contributed by atoms with Gasteiger partial charge in [-0.25, -0.2) is 9.97 Å². The van der Waals surface area contributed by atoms with Crippen molar-refractivity contribution in [3.8, 4) is 0 Å². The van der Waals surface area contributed by atoms with E-state index < -0.39 is 0 Å². The highest BCUT2D eigenvalue weighted by Crippen LogP contribution is 2.19. The summed E-state index contributed by atoms with van der Waals surface area (Å²) in [6.45, 7) is 2.82. The Hall–Kier alpha value is -1.82. The van der Waals surface area contributed by atoms with Crippen molar-refractivity contribution in [3.05, 3.63) is 58.2 Å². The first kappa shape index (κ1) is 19.9. The molecule has 0 unspecified atom stereocenters. The fourth-order valence-corrected chi connectivity index (χ4v) is 4.15. The van der Waals surface area contributed by atoms with Gasteiger partial charge in [-0.15, -0.1) is 11.3 Å². The molecule has 0 bridgehead atoms. The Bertz CT molecular complexity index is 816. The van der Waals surface area contributed by atoms with E-state index in [-0.39, 0.29) is 0 Å². The third-order valence-corrected chi connectivity index (χ3v) is 5.60. The van der Waals surface area contributed by atoms with Gasteiger partial charge in [0.2, 0.25) is 0 Å². The molecule has 27 heavy (non-hydrogen) atoms. The van der Waals surface area contributed by atoms with E-state index in [1.54, 1.807) is 11.3 Å². The number of benzene rings is 1. The number of rotatable bonds is 11. The molecular weight excluding hydrogens is 352 g/mol. The number of thiophene rings is 1. The molecular formula is C22H30N4S. The van der Waals surface area contributed by atoms with E-state index >= 15 is 0 Å². The smallest absolute Gasteiger partial charge is 0.143 e. The number of hydrogen-bond donors (Lipinski definition) is 1. The molecule has 1 aromatic carbocycles. The van der Waals surface area contributed by atoms with E-state index in [0.29, 0.717) is 0 Å². The van der Waals surface area contributed by atoms with Gasteiger partial charge in [0, 0.05) is 16.8 Å². The summed E-state index contributed by atoms with van der Waals surface area (Å²) in [5, 5.41) is 6.55. The average molecular weight is 383 g/mol. The Kier molecular flexibility index (Phi) is 7.75. The molecule has 1 N–H and O–H groups in total. The minimum Gasteiger partial charge on any atom is -0.320 e. The van der Waals surface area contributed by atoms with Gasteiger partial charge in [0.25, 0.3) is 0 Å². The van der Waals surface area contributed by atoms with Crippen molar-refractivity contribution in [2.24, 2.45) is 0 Å². The average Bonchev–Trinajstić information content (AvgIpc) is 3.17. The van der Waals surface area contributed by atoms with E-state index in [1.807, 2.05) is 7.05 Å². The Morgan fingerprint density at radius 3 is 2.63 bits per heavy atom. The summed E-state index contributed by atoms with van der Waals surface area (Å²) in [7, 11) is 4.16. The molecule has 0 atom stereocenters. The van der Waals surface area contributed by atoms with Crippen LogP contribution >= 0.6 is 11.3 Å². The van der Waals surface area contributed by atoms with Crippen molar-refractivity contribution in [3.63, 3.8) is 0 Å². The lowest BCUT2D eigenvalue weighted by molar-refractivity contribution is 0.313. The van der Waals surface area contributed by atoms with Crippen LogP contribution in [-0.2, 0) is 19.5 Å². The van der Waals surface area contributed by atoms with Crippen LogP contribution < -0.4 is 5.32 Å². The van der Waals surface area contributed by atoms with Crippen LogP contribution in [0.3, 0.4) is 0 Å². The Labute approximate surface area is 166 Å². The van der Waals surface area contributed by atoms with E-state index in [1.165, 1.54) is 41.6 Å². The first-order valence-electron chi connectivity index (χ1n) is 9.86. The minimum absolute atomic E-state index is 0.776. The Balaban J connectivity index is 1.66. The molecule has 0 spiro atoms. The Morgan fingerprint density at radius 1 is 0.963 bits per heavy atom. The second-order valence-corrected chi connectivity index (χ2v) is 8.16. The maximum Gasteiger partial charge on any atom is 0.143 e. The van der Waals surface area contributed by atoms with E-state index in [4.69, 9.17) is 9.97 Å². The first-order valence-corrected chi connectivity index (χ1v) is 10.7. The topological polar surface area (TPSA) is 41.1 Å². The predicted molar refractivity (Wildman–Crippen MR) is 115 cm³/mol. The number of nitrogens with one attached hydrogen (secondary N) is 1. The predicted octanol–water partition coefficient (Wildman–Crippen LogP) is 4.65. The Morgan fingerprint density at radius 2 is 1.81 bits per heavy atom. The van der Waals surface area contributed by atoms with Gasteiger partial charge >= 0.3 is 0 Å². The lowest BCUT2D eigenvalue weighted by atomic mass is 10.1. The molecule has 0 amide bonds. The lowest BCUT2D eigenvalue weighted by Crippen LogP contribution is -2.19. The van der Waals surface area contributed by atoms with Gasteiger partial charge in [0.1, 0.15) is 5.82 Å². The van der Waals surface area contributed by atoms with Crippen LogP contribution in [0.25, 0.3) is 10.9 Å². The zero-order valence-corrected chi connectivity index (χ0v) is 17.3. The third kappa shape index (κ3) is 6.09. The standard InChI is InChI=1S/C22H30N4S/c1-23-14-8-4-3-5-12-20-19-11-6-7-13-21(19)25-22(24-20)17-26(2)16-18-10-9-15-27-18/h6-7,9-11,13,15,23H,3-5,8,12,14,16-17H2,1-2H3. The van der Waals surface area contributed by atoms with Crippen molar-refractivity contribution in [2.45, 2.75) is 45.2 Å². The van der Waals surface area contributed by atoms with Gasteiger partial charge in [-0.3, -0.25) is 4.90 Å². The number of para-hydroxylation sites is 1. The van der Waals surface area contributed by atoms with Gasteiger partial charge in [-0.05, 0) is 57.4 Å². The summed E-state index contributed by atoms with van der Waals surface area (Å²) in [6.07, 6.45) is 6.01. The van der Waals surface area contributed by atoms with E-state index in [2.05, 4.69) is 59.0 Å². The zero-order chi connectivity index (χ0) is 18.9. The summed E-state index contributed by atoms with van der Waals surface area (Å²) in [5.41, 5.74) is 2.27. The maximum atomic E-state index is 4.94. The third-order valence-electron chi connectivity index (χ3n) is 4.74. The van der Waals surface area contributed by atoms with Crippen molar-refractivity contribution in [1.29, 1.82) is 0 Å². The molecule has 0 aliphatic heterocycles. The number of unbranched alkanes of at least 4 members (excludes halogenated alkanes) is 3. The fraction of sp³-hybridized carbons (Fsp3) is 0.455. The number of aromatic nitrogens is 2. The van der Waals surface area contributed by atoms with E-state index in [9.17, 15) is 0 Å². The molecule has 2 heterocycles. The molecule has 0 radical (unpaired) electrons. The largest absolute Gasteiger partial charge is 0.320 e. The van der Waals surface area contributed by atoms with Crippen LogP contribution in [0.4, 0.5) is 0 Å². The summed E-state index contributed by atoms with van der Waals surface area (Å²) in [6, 6.07) is 12.7. The number of aryl methyl sites for hydroxylation is 1. The molecule has 3 rings (SSSR count). The van der Waals surface area contributed by atoms with Crippen molar-refractivity contribution < 1.29 is 0 Å². The minimum atomic E-state index is 0.776. The van der Waals surface area contributed by atoms with Gasteiger partial charge in [-0.2, -0.15) is 0 Å².